The van der Waals surface area contributed by atoms with Crippen molar-refractivity contribution in [2.24, 2.45) is 11.8 Å². The summed E-state index contributed by atoms with van der Waals surface area (Å²) in [5, 5.41) is 2.99. The highest BCUT2D eigenvalue weighted by molar-refractivity contribution is 7.90. The summed E-state index contributed by atoms with van der Waals surface area (Å²) in [4.78, 5) is 25.1. The molecular formula is C25H32N2O5S. The molecule has 8 heteroatoms. The van der Waals surface area contributed by atoms with E-state index in [0.29, 0.717) is 18.9 Å². The van der Waals surface area contributed by atoms with E-state index in [1.54, 1.807) is 6.07 Å². The fourth-order valence-corrected chi connectivity index (χ4v) is 5.22. The lowest BCUT2D eigenvalue weighted by Crippen LogP contribution is -2.32. The number of benzene rings is 2. The minimum Gasteiger partial charge on any atom is -0.493 e. The lowest BCUT2D eigenvalue weighted by Gasteiger charge is -2.18. The van der Waals surface area contributed by atoms with Crippen molar-refractivity contribution < 1.29 is 22.7 Å². The molecule has 0 spiro atoms. The summed E-state index contributed by atoms with van der Waals surface area (Å²) < 4.78 is 33.4. The molecule has 2 aromatic rings. The fraction of sp³-hybridized carbons (Fsp3) is 0.440. The van der Waals surface area contributed by atoms with Gasteiger partial charge in [0.05, 0.1) is 17.5 Å². The Bertz CT molecular complexity index is 1100. The van der Waals surface area contributed by atoms with E-state index in [4.69, 9.17) is 4.74 Å². The van der Waals surface area contributed by atoms with Gasteiger partial charge < -0.3 is 10.1 Å². The van der Waals surface area contributed by atoms with Gasteiger partial charge in [0.1, 0.15) is 5.75 Å². The van der Waals surface area contributed by atoms with E-state index in [2.05, 4.69) is 23.9 Å². The van der Waals surface area contributed by atoms with Crippen LogP contribution in [-0.2, 0) is 14.8 Å². The Labute approximate surface area is 196 Å². The van der Waals surface area contributed by atoms with Crippen molar-refractivity contribution in [3.8, 4) is 5.75 Å². The van der Waals surface area contributed by atoms with Crippen LogP contribution in [0.3, 0.4) is 0 Å². The van der Waals surface area contributed by atoms with Gasteiger partial charge in [0.25, 0.3) is 15.9 Å². The normalized spacial score (nSPS) is 16.8. The Kier molecular flexibility index (Phi) is 8.13. The van der Waals surface area contributed by atoms with E-state index >= 15 is 0 Å². The average Bonchev–Trinajstić information content (AvgIpc) is 2.95. The van der Waals surface area contributed by atoms with Gasteiger partial charge in [-0.1, -0.05) is 45.0 Å². The Morgan fingerprint density at radius 1 is 1.09 bits per heavy atom. The van der Waals surface area contributed by atoms with Crippen molar-refractivity contribution >= 4 is 21.8 Å². The second-order valence-corrected chi connectivity index (χ2v) is 10.7. The largest absolute Gasteiger partial charge is 0.493 e. The predicted molar refractivity (Wildman–Crippen MR) is 126 cm³/mol. The molecule has 0 saturated heterocycles. The minimum absolute atomic E-state index is 0.0729. The maximum absolute atomic E-state index is 13.0. The third-order valence-electron chi connectivity index (χ3n) is 5.56. The number of hydrogen-bond donors (Lipinski definition) is 2. The molecule has 0 aromatic heterocycles. The Morgan fingerprint density at radius 3 is 2.61 bits per heavy atom. The molecule has 0 bridgehead atoms. The number of fused-ring (bicyclic) bond motifs is 1. The molecular weight excluding hydrogens is 440 g/mol. The smallest absolute Gasteiger partial charge is 0.264 e. The quantitative estimate of drug-likeness (QED) is 0.599. The summed E-state index contributed by atoms with van der Waals surface area (Å²) in [5.41, 5.74) is 1.11. The van der Waals surface area contributed by atoms with E-state index in [1.807, 2.05) is 31.2 Å². The first-order chi connectivity index (χ1) is 15.7. The zero-order valence-corrected chi connectivity index (χ0v) is 20.2. The zero-order valence-electron chi connectivity index (χ0n) is 19.3. The number of carbonyl (C=O) groups excluding carboxylic acids is 2. The van der Waals surface area contributed by atoms with Crippen LogP contribution in [0.4, 0.5) is 0 Å². The number of para-hydroxylation sites is 1. The van der Waals surface area contributed by atoms with Crippen LogP contribution in [0.2, 0.25) is 0 Å². The SMILES string of the molecule is CC(C)CC(C)CC(=O)NS(=O)(=O)c1cccc(C(=O)NC2CCCOc3ccccc32)c1. The van der Waals surface area contributed by atoms with Crippen LogP contribution in [-0.4, -0.2) is 26.8 Å². The monoisotopic (exact) mass is 472 g/mol. The first kappa shape index (κ1) is 24.8. The Balaban J connectivity index is 1.71. The van der Waals surface area contributed by atoms with Crippen molar-refractivity contribution in [3.63, 3.8) is 0 Å². The summed E-state index contributed by atoms with van der Waals surface area (Å²) in [6, 6.07) is 13.1. The first-order valence-corrected chi connectivity index (χ1v) is 12.8. The average molecular weight is 473 g/mol. The van der Waals surface area contributed by atoms with Crippen LogP contribution in [0.1, 0.15) is 68.4 Å². The van der Waals surface area contributed by atoms with Crippen LogP contribution < -0.4 is 14.8 Å². The molecule has 33 heavy (non-hydrogen) atoms. The maximum Gasteiger partial charge on any atom is 0.264 e. The van der Waals surface area contributed by atoms with Crippen LogP contribution in [0.15, 0.2) is 53.4 Å². The standard InChI is InChI=1S/C25H32N2O5S/c1-17(2)14-18(3)15-24(28)27-33(30,31)20-9-6-8-19(16-20)25(29)26-22-11-7-13-32-23-12-5-4-10-21(22)23/h4-6,8-10,12,16-18,22H,7,11,13-15H2,1-3H3,(H,26,29)(H,27,28). The van der Waals surface area contributed by atoms with E-state index < -0.39 is 15.9 Å². The van der Waals surface area contributed by atoms with Gasteiger partial charge in [-0.15, -0.1) is 0 Å². The maximum atomic E-state index is 13.0. The van der Waals surface area contributed by atoms with E-state index in [-0.39, 0.29) is 34.7 Å². The molecule has 7 nitrogen and oxygen atoms in total. The molecule has 178 valence electrons. The molecule has 2 amide bonds. The van der Waals surface area contributed by atoms with Gasteiger partial charge >= 0.3 is 0 Å². The molecule has 0 radical (unpaired) electrons. The zero-order chi connectivity index (χ0) is 24.0. The molecule has 0 fully saturated rings. The van der Waals surface area contributed by atoms with Crippen LogP contribution in [0, 0.1) is 11.8 Å². The molecule has 1 aliphatic rings. The number of ether oxygens (including phenoxy) is 1. The highest BCUT2D eigenvalue weighted by Gasteiger charge is 2.24. The number of hydrogen-bond acceptors (Lipinski definition) is 5. The molecule has 2 aromatic carbocycles. The third kappa shape index (κ3) is 6.81. The lowest BCUT2D eigenvalue weighted by molar-refractivity contribution is -0.120. The Hall–Kier alpha value is -2.87. The molecule has 1 aliphatic heterocycles. The van der Waals surface area contributed by atoms with Crippen LogP contribution >= 0.6 is 0 Å². The summed E-state index contributed by atoms with van der Waals surface area (Å²) in [6.07, 6.45) is 2.46. The van der Waals surface area contributed by atoms with Gasteiger partial charge in [-0.25, -0.2) is 13.1 Å². The van der Waals surface area contributed by atoms with Gasteiger partial charge in [-0.3, -0.25) is 9.59 Å². The van der Waals surface area contributed by atoms with Gasteiger partial charge in [0.15, 0.2) is 0 Å². The summed E-state index contributed by atoms with van der Waals surface area (Å²) >= 11 is 0. The lowest BCUT2D eigenvalue weighted by atomic mass is 9.96. The van der Waals surface area contributed by atoms with Crippen LogP contribution in [0.5, 0.6) is 5.75 Å². The summed E-state index contributed by atoms with van der Waals surface area (Å²) in [6.45, 7) is 6.62. The number of rotatable bonds is 8. The molecule has 2 atom stereocenters. The number of amides is 2. The third-order valence-corrected chi connectivity index (χ3v) is 6.93. The molecule has 0 aliphatic carbocycles. The molecule has 3 rings (SSSR count). The number of carbonyl (C=O) groups is 2. The highest BCUT2D eigenvalue weighted by atomic mass is 32.2. The summed E-state index contributed by atoms with van der Waals surface area (Å²) in [7, 11) is -4.08. The van der Waals surface area contributed by atoms with Crippen molar-refractivity contribution in [2.75, 3.05) is 6.61 Å². The van der Waals surface area contributed by atoms with Crippen molar-refractivity contribution in [3.05, 3.63) is 59.7 Å². The second-order valence-electron chi connectivity index (χ2n) is 9.05. The van der Waals surface area contributed by atoms with Gasteiger partial charge in [-0.05, 0) is 55.4 Å². The molecule has 2 unspecified atom stereocenters. The van der Waals surface area contributed by atoms with Crippen LogP contribution in [0.25, 0.3) is 0 Å². The van der Waals surface area contributed by atoms with Crippen molar-refractivity contribution in [2.45, 2.75) is 57.4 Å². The second kappa shape index (κ2) is 10.8. The van der Waals surface area contributed by atoms with Gasteiger partial charge in [-0.2, -0.15) is 0 Å². The van der Waals surface area contributed by atoms with Gasteiger partial charge in [0.2, 0.25) is 5.91 Å². The molecule has 0 saturated carbocycles. The topological polar surface area (TPSA) is 102 Å². The van der Waals surface area contributed by atoms with E-state index in [0.717, 1.165) is 24.2 Å². The minimum atomic E-state index is -4.08. The van der Waals surface area contributed by atoms with Crippen molar-refractivity contribution in [1.29, 1.82) is 0 Å². The number of sulfonamides is 1. The van der Waals surface area contributed by atoms with Gasteiger partial charge in [0, 0.05) is 17.5 Å². The number of nitrogens with one attached hydrogen (secondary N) is 2. The van der Waals surface area contributed by atoms with E-state index in [1.165, 1.54) is 18.2 Å². The van der Waals surface area contributed by atoms with E-state index in [9.17, 15) is 18.0 Å². The summed E-state index contributed by atoms with van der Waals surface area (Å²) in [5.74, 6) is 0.306. The molecule has 1 heterocycles. The first-order valence-electron chi connectivity index (χ1n) is 11.3. The highest BCUT2D eigenvalue weighted by Crippen LogP contribution is 2.31. The predicted octanol–water partition coefficient (Wildman–Crippen LogP) is 4.21. The Morgan fingerprint density at radius 2 is 1.85 bits per heavy atom. The van der Waals surface area contributed by atoms with Crippen molar-refractivity contribution in [1.82, 2.24) is 10.0 Å². The molecule has 2 N–H and O–H groups in total. The fourth-order valence-electron chi connectivity index (χ4n) is 4.18.